The minimum absolute atomic E-state index is 0.0339. The minimum atomic E-state index is -4.62. The molecule has 0 atom stereocenters. The van der Waals surface area contributed by atoms with Gasteiger partial charge >= 0.3 is 11.8 Å². The van der Waals surface area contributed by atoms with E-state index in [0.29, 0.717) is 23.0 Å². The summed E-state index contributed by atoms with van der Waals surface area (Å²) < 4.78 is 60.1. The number of benzene rings is 2. The van der Waals surface area contributed by atoms with E-state index in [-0.39, 0.29) is 26.4 Å². The van der Waals surface area contributed by atoms with Crippen LogP contribution in [0.5, 0.6) is 5.75 Å². The van der Waals surface area contributed by atoms with Crippen LogP contribution in [0, 0.1) is 5.82 Å². The molecule has 0 aliphatic carbocycles. The maximum absolute atomic E-state index is 13.6. The first-order valence-electron chi connectivity index (χ1n) is 10.0. The molecule has 0 unspecified atom stereocenters. The molecule has 5 rings (SSSR count). The molecule has 10 heteroatoms. The summed E-state index contributed by atoms with van der Waals surface area (Å²) in [6, 6.07) is 9.79. The van der Waals surface area contributed by atoms with Crippen molar-refractivity contribution in [1.82, 2.24) is 4.57 Å². The molecule has 0 amide bonds. The van der Waals surface area contributed by atoms with Gasteiger partial charge in [-0.1, -0.05) is 37.7 Å². The summed E-state index contributed by atoms with van der Waals surface area (Å²) in [4.78, 5) is 26.1. The molecule has 1 aliphatic rings. The second-order valence-electron chi connectivity index (χ2n) is 8.39. The van der Waals surface area contributed by atoms with Gasteiger partial charge in [-0.25, -0.2) is 9.18 Å². The topological polar surface area (TPSA) is 72.4 Å². The maximum atomic E-state index is 13.6. The lowest BCUT2D eigenvalue weighted by Gasteiger charge is -2.20. The van der Waals surface area contributed by atoms with Crippen molar-refractivity contribution in [2.24, 2.45) is 0 Å². The Morgan fingerprint density at radius 1 is 1.06 bits per heavy atom. The third-order valence-corrected chi connectivity index (χ3v) is 6.96. The van der Waals surface area contributed by atoms with Crippen LogP contribution < -0.4 is 11.2 Å². The van der Waals surface area contributed by atoms with Crippen molar-refractivity contribution in [1.29, 1.82) is 0 Å². The van der Waals surface area contributed by atoms with E-state index in [0.717, 1.165) is 22.8 Å². The van der Waals surface area contributed by atoms with E-state index in [2.05, 4.69) is 0 Å². The van der Waals surface area contributed by atoms with Gasteiger partial charge in [-0.15, -0.1) is 0 Å². The lowest BCUT2D eigenvalue weighted by Crippen LogP contribution is -2.24. The Hall–Kier alpha value is -3.53. The van der Waals surface area contributed by atoms with Crippen molar-refractivity contribution < 1.29 is 27.1 Å². The highest BCUT2D eigenvalue weighted by Crippen LogP contribution is 2.45. The molecule has 0 fully saturated rings. The van der Waals surface area contributed by atoms with Gasteiger partial charge in [-0.05, 0) is 35.9 Å². The first-order chi connectivity index (χ1) is 15.9. The predicted molar refractivity (Wildman–Crippen MR) is 117 cm³/mol. The van der Waals surface area contributed by atoms with E-state index >= 15 is 0 Å². The number of pyridine rings is 1. The van der Waals surface area contributed by atoms with Gasteiger partial charge in [0.25, 0.3) is 5.56 Å². The average molecular weight is 489 g/mol. The van der Waals surface area contributed by atoms with Crippen molar-refractivity contribution in [3.8, 4) is 11.4 Å². The molecule has 2 aromatic carbocycles. The number of aromatic hydroxyl groups is 1. The van der Waals surface area contributed by atoms with Crippen LogP contribution in [0.2, 0.25) is 0 Å². The first kappa shape index (κ1) is 22.3. The van der Waals surface area contributed by atoms with Gasteiger partial charge in [0.2, 0.25) is 0 Å². The van der Waals surface area contributed by atoms with E-state index in [4.69, 9.17) is 4.42 Å². The highest BCUT2D eigenvalue weighted by atomic mass is 32.2. The van der Waals surface area contributed by atoms with Crippen LogP contribution in [0.1, 0.15) is 30.7 Å². The molecule has 4 aromatic rings. The third kappa shape index (κ3) is 3.24. The number of nitrogens with zero attached hydrogens (tertiary/aromatic N) is 1. The smallest absolute Gasteiger partial charge is 0.416 e. The Morgan fingerprint density at radius 2 is 1.79 bits per heavy atom. The van der Waals surface area contributed by atoms with Crippen molar-refractivity contribution in [3.05, 3.63) is 91.9 Å². The van der Waals surface area contributed by atoms with Gasteiger partial charge in [-0.2, -0.15) is 13.2 Å². The normalized spacial score (nSPS) is 14.3. The zero-order valence-corrected chi connectivity index (χ0v) is 18.5. The Kier molecular flexibility index (Phi) is 4.74. The number of hydrogen-bond acceptors (Lipinski definition) is 5. The van der Waals surface area contributed by atoms with E-state index < -0.39 is 39.9 Å². The van der Waals surface area contributed by atoms with Gasteiger partial charge in [0.1, 0.15) is 21.7 Å². The number of fused-ring (bicyclic) bond motifs is 4. The summed E-state index contributed by atoms with van der Waals surface area (Å²) in [7, 11) is 0. The summed E-state index contributed by atoms with van der Waals surface area (Å²) >= 11 is 0.710. The maximum Gasteiger partial charge on any atom is 0.416 e. The lowest BCUT2D eigenvalue weighted by molar-refractivity contribution is -0.137. The van der Waals surface area contributed by atoms with Crippen molar-refractivity contribution in [2.45, 2.75) is 35.2 Å². The van der Waals surface area contributed by atoms with E-state index in [1.165, 1.54) is 30.3 Å². The monoisotopic (exact) mass is 489 g/mol. The summed E-state index contributed by atoms with van der Waals surface area (Å²) in [5.74, 6) is -1.24. The molecule has 2 aromatic heterocycles. The van der Waals surface area contributed by atoms with E-state index in [9.17, 15) is 32.3 Å². The molecule has 0 bridgehead atoms. The average Bonchev–Trinajstić information content (AvgIpc) is 2.97. The predicted octanol–water partition coefficient (Wildman–Crippen LogP) is 5.60. The van der Waals surface area contributed by atoms with Gasteiger partial charge in [0.15, 0.2) is 5.75 Å². The van der Waals surface area contributed by atoms with Crippen LogP contribution in [0.25, 0.3) is 16.7 Å². The fourth-order valence-electron chi connectivity index (χ4n) is 4.24. The van der Waals surface area contributed by atoms with Crippen molar-refractivity contribution in [2.75, 3.05) is 0 Å². The molecule has 34 heavy (non-hydrogen) atoms. The molecule has 1 N–H and O–H groups in total. The Bertz CT molecular complexity index is 1620. The van der Waals surface area contributed by atoms with Crippen molar-refractivity contribution in [3.63, 3.8) is 0 Å². The zero-order chi connectivity index (χ0) is 24.6. The van der Waals surface area contributed by atoms with Gasteiger partial charge in [0, 0.05) is 22.1 Å². The molecule has 174 valence electrons. The summed E-state index contributed by atoms with van der Waals surface area (Å²) in [6.45, 7) is 3.46. The van der Waals surface area contributed by atoms with Crippen molar-refractivity contribution >= 4 is 22.7 Å². The second kappa shape index (κ2) is 7.23. The molecule has 0 radical (unpaired) electrons. The molecular weight excluding hydrogens is 474 g/mol. The van der Waals surface area contributed by atoms with Crippen LogP contribution in [0.4, 0.5) is 17.6 Å². The fraction of sp³-hybridized carbons (Fsp3) is 0.167. The summed E-state index contributed by atoms with van der Waals surface area (Å²) in [5.41, 5.74) is -2.94. The lowest BCUT2D eigenvalue weighted by atomic mass is 9.83. The molecule has 1 aliphatic heterocycles. The molecule has 5 nitrogen and oxygen atoms in total. The number of alkyl halides is 3. The number of rotatable bonds is 2. The Labute approximate surface area is 193 Å². The highest BCUT2D eigenvalue weighted by molar-refractivity contribution is 7.99. The number of hydrogen-bond donors (Lipinski definition) is 1. The molecule has 0 saturated carbocycles. The fourth-order valence-corrected chi connectivity index (χ4v) is 5.12. The standard InChI is InChI=1S/C24H15F4NO4S/c1-23(2)14-7-6-11(24(26,27)28)8-15(14)29-17(23)10-16-18(21(29)31)19(30)20(22(32)33-16)34-13-5-3-4-12(25)9-13/h3-10,30H,1-2H3. The van der Waals surface area contributed by atoms with Crippen LogP contribution in [0.15, 0.2) is 72.3 Å². The summed E-state index contributed by atoms with van der Waals surface area (Å²) in [6.07, 6.45) is -4.62. The summed E-state index contributed by atoms with van der Waals surface area (Å²) in [5, 5.41) is 10.5. The molecule has 0 spiro atoms. The van der Waals surface area contributed by atoms with Gasteiger partial charge in [0.05, 0.1) is 11.3 Å². The van der Waals surface area contributed by atoms with Gasteiger partial charge in [-0.3, -0.25) is 9.36 Å². The highest BCUT2D eigenvalue weighted by Gasteiger charge is 2.40. The largest absolute Gasteiger partial charge is 0.505 e. The van der Waals surface area contributed by atoms with Crippen LogP contribution in [0.3, 0.4) is 0 Å². The molecule has 0 saturated heterocycles. The molecule has 3 heterocycles. The van der Waals surface area contributed by atoms with Crippen LogP contribution in [-0.4, -0.2) is 9.67 Å². The van der Waals surface area contributed by atoms with E-state index in [1.807, 2.05) is 0 Å². The van der Waals surface area contributed by atoms with Crippen LogP contribution >= 0.6 is 11.8 Å². The van der Waals surface area contributed by atoms with E-state index in [1.54, 1.807) is 13.8 Å². The third-order valence-electron chi connectivity index (χ3n) is 5.91. The number of halogens is 4. The quantitative estimate of drug-likeness (QED) is 0.371. The SMILES string of the molecule is CC1(C)c2ccc(C(F)(F)F)cc2-n2c1cc1oc(=O)c(Sc3cccc(F)c3)c(O)c1c2=O. The zero-order valence-electron chi connectivity index (χ0n) is 17.7. The molecular formula is C24H15F4NO4S. The Morgan fingerprint density at radius 3 is 2.47 bits per heavy atom. The van der Waals surface area contributed by atoms with Gasteiger partial charge < -0.3 is 9.52 Å². The first-order valence-corrected chi connectivity index (χ1v) is 10.8. The number of aromatic nitrogens is 1. The Balaban J connectivity index is 1.79. The minimum Gasteiger partial charge on any atom is -0.505 e. The van der Waals surface area contributed by atoms with Crippen LogP contribution in [-0.2, 0) is 11.6 Å². The second-order valence-corrected chi connectivity index (χ2v) is 9.47.